The molecule has 12 nitrogen and oxygen atoms in total. The van der Waals surface area contributed by atoms with Gasteiger partial charge in [0, 0.05) is 29.4 Å². The Kier molecular flexibility index (Phi) is 8.90. The summed E-state index contributed by atoms with van der Waals surface area (Å²) in [4.78, 5) is 25.9. The van der Waals surface area contributed by atoms with Gasteiger partial charge in [-0.2, -0.15) is 0 Å². The monoisotopic (exact) mass is 531 g/mol. The average Bonchev–Trinajstić information content (AvgIpc) is 2.95. The van der Waals surface area contributed by atoms with Crippen LogP contribution in [0.5, 0.6) is 11.5 Å². The molecule has 1 aromatic heterocycles. The number of aliphatic imine (C=N–C) groups is 1. The summed E-state index contributed by atoms with van der Waals surface area (Å²) >= 11 is 0. The van der Waals surface area contributed by atoms with Crippen LogP contribution in [-0.2, 0) is 9.53 Å². The molecule has 0 bridgehead atoms. The molecule has 0 saturated heterocycles. The van der Waals surface area contributed by atoms with Gasteiger partial charge in [-0.1, -0.05) is 0 Å². The third kappa shape index (κ3) is 5.64. The molecule has 206 valence electrons. The van der Waals surface area contributed by atoms with E-state index in [4.69, 9.17) is 24.3 Å². The van der Waals surface area contributed by atoms with Gasteiger partial charge in [-0.15, -0.1) is 0 Å². The Hall–Kier alpha value is -3.16. The number of benzene rings is 1. The van der Waals surface area contributed by atoms with Crippen molar-refractivity contribution in [2.24, 2.45) is 4.99 Å². The summed E-state index contributed by atoms with van der Waals surface area (Å²) in [6, 6.07) is 3.67. The molecule has 1 aliphatic heterocycles. The summed E-state index contributed by atoms with van der Waals surface area (Å²) in [6.07, 6.45) is -2.08. The summed E-state index contributed by atoms with van der Waals surface area (Å²) < 4.78 is 16.9. The second kappa shape index (κ2) is 12.1. The van der Waals surface area contributed by atoms with E-state index in [1.54, 1.807) is 19.5 Å². The minimum Gasteiger partial charge on any atom is -0.493 e. The zero-order chi connectivity index (χ0) is 27.4. The van der Waals surface area contributed by atoms with Crippen molar-refractivity contribution in [1.82, 2.24) is 9.97 Å². The van der Waals surface area contributed by atoms with E-state index in [0.29, 0.717) is 37.4 Å². The third-order valence-corrected chi connectivity index (χ3v) is 6.96. The van der Waals surface area contributed by atoms with Gasteiger partial charge >= 0.3 is 5.97 Å². The highest BCUT2D eigenvalue weighted by atomic mass is 16.6. The van der Waals surface area contributed by atoms with Crippen molar-refractivity contribution in [2.45, 2.75) is 68.7 Å². The first-order valence-corrected chi connectivity index (χ1v) is 12.5. The second-order valence-corrected chi connectivity index (χ2v) is 9.35. The lowest BCUT2D eigenvalue weighted by molar-refractivity contribution is -0.176. The zero-order valence-corrected chi connectivity index (χ0v) is 21.2. The lowest BCUT2D eigenvalue weighted by Gasteiger charge is -2.39. The third-order valence-electron chi connectivity index (χ3n) is 6.96. The number of esters is 1. The quantitative estimate of drug-likeness (QED) is 0.254. The first-order valence-electron chi connectivity index (χ1n) is 12.5. The fourth-order valence-corrected chi connectivity index (χ4v) is 5.01. The highest BCUT2D eigenvalue weighted by Gasteiger charge is 2.41. The highest BCUT2D eigenvalue weighted by Crippen LogP contribution is 2.45. The number of carbonyl (C=O) groups excluding carboxylic acids is 1. The van der Waals surface area contributed by atoms with Crippen LogP contribution in [0, 0.1) is 0 Å². The highest BCUT2D eigenvalue weighted by molar-refractivity contribution is 6.14. The molecule has 4 rings (SSSR count). The van der Waals surface area contributed by atoms with E-state index in [1.807, 2.05) is 19.1 Å². The fourth-order valence-electron chi connectivity index (χ4n) is 5.01. The molecule has 1 aromatic carbocycles. The molecular formula is C26H33N3O9. The molecule has 2 aliphatic rings. The van der Waals surface area contributed by atoms with Gasteiger partial charge in [0.1, 0.15) is 30.7 Å². The maximum atomic E-state index is 12.6. The van der Waals surface area contributed by atoms with Crippen molar-refractivity contribution in [3.63, 3.8) is 0 Å². The smallest absolute Gasteiger partial charge is 0.338 e. The minimum atomic E-state index is -2.10. The Morgan fingerprint density at radius 3 is 2.47 bits per heavy atom. The van der Waals surface area contributed by atoms with E-state index >= 15 is 0 Å². The number of ether oxygens (including phenoxy) is 3. The first-order chi connectivity index (χ1) is 18.3. The van der Waals surface area contributed by atoms with Crippen LogP contribution in [0.2, 0.25) is 0 Å². The second-order valence-electron chi connectivity index (χ2n) is 9.35. The molecule has 2 heterocycles. The van der Waals surface area contributed by atoms with Crippen molar-refractivity contribution >= 4 is 11.7 Å². The van der Waals surface area contributed by atoms with E-state index in [1.165, 1.54) is 6.33 Å². The molecule has 0 amide bonds. The van der Waals surface area contributed by atoms with Crippen LogP contribution >= 0.6 is 0 Å². The number of rotatable bonds is 10. The number of nitrogens with zero attached hydrogens (tertiary/aromatic N) is 3. The van der Waals surface area contributed by atoms with Gasteiger partial charge in [-0.05, 0) is 43.9 Å². The van der Waals surface area contributed by atoms with Crippen molar-refractivity contribution in [3.8, 4) is 11.5 Å². The average molecular weight is 532 g/mol. The Balaban J connectivity index is 1.60. The van der Waals surface area contributed by atoms with Gasteiger partial charge in [0.05, 0.1) is 32.1 Å². The topological polar surface area (TPSA) is 184 Å². The number of aliphatic hydroxyl groups is 5. The van der Waals surface area contributed by atoms with Gasteiger partial charge in [0.15, 0.2) is 17.6 Å². The molecule has 0 radical (unpaired) electrons. The SMILES string of the molecule is CCOc1cc2c(cc1OC)C(c1cncnc1)=N[C@@H]1CC[C@@H](OC(=O)[C@H](O)[C@@H](O)[C@H](O)[C@H](O)CO)C[C@H]21. The van der Waals surface area contributed by atoms with Crippen molar-refractivity contribution in [1.29, 1.82) is 0 Å². The normalized spacial score (nSPS) is 23.7. The molecule has 12 heteroatoms. The number of carbonyl (C=O) groups is 1. The van der Waals surface area contributed by atoms with Crippen LogP contribution in [0.1, 0.15) is 48.8 Å². The Morgan fingerprint density at radius 1 is 1.08 bits per heavy atom. The summed E-state index contributed by atoms with van der Waals surface area (Å²) in [5, 5.41) is 48.5. The molecule has 38 heavy (non-hydrogen) atoms. The summed E-state index contributed by atoms with van der Waals surface area (Å²) in [5.41, 5.74) is 3.25. The molecular weight excluding hydrogens is 498 g/mol. The van der Waals surface area contributed by atoms with E-state index in [-0.39, 0.29) is 12.0 Å². The lowest BCUT2D eigenvalue weighted by atomic mass is 9.74. The minimum absolute atomic E-state index is 0.118. The van der Waals surface area contributed by atoms with Gasteiger partial charge in [-0.25, -0.2) is 14.8 Å². The van der Waals surface area contributed by atoms with E-state index in [0.717, 1.165) is 22.4 Å². The molecule has 0 spiro atoms. The van der Waals surface area contributed by atoms with Crippen LogP contribution in [0.15, 0.2) is 35.8 Å². The van der Waals surface area contributed by atoms with Crippen LogP contribution < -0.4 is 9.47 Å². The van der Waals surface area contributed by atoms with Gasteiger partial charge in [-0.3, -0.25) is 4.99 Å². The standard InChI is InChI=1S/C26H33N3O9/c1-3-37-21-7-15-16-6-14(38-26(35)25(34)24(33)23(32)19(31)11-30)4-5-18(16)29-22(13-9-27-12-28-10-13)17(15)8-20(21)36-2/h7-10,12,14,16,18-19,23-25,30-34H,3-6,11H2,1-2H3/t14-,16-,18-,19-,23-,24+,25-/m1/s1. The molecule has 7 atom stereocenters. The number of aliphatic hydroxyl groups excluding tert-OH is 5. The predicted octanol–water partition coefficient (Wildman–Crippen LogP) is -0.281. The molecule has 1 saturated carbocycles. The van der Waals surface area contributed by atoms with Gasteiger partial charge in [0.2, 0.25) is 0 Å². The maximum Gasteiger partial charge on any atom is 0.338 e. The number of fused-ring (bicyclic) bond motifs is 3. The Labute approximate surface area is 219 Å². The zero-order valence-electron chi connectivity index (χ0n) is 21.2. The first kappa shape index (κ1) is 27.9. The Morgan fingerprint density at radius 2 is 1.82 bits per heavy atom. The van der Waals surface area contributed by atoms with Crippen LogP contribution in [0.25, 0.3) is 0 Å². The van der Waals surface area contributed by atoms with Crippen molar-refractivity contribution in [2.75, 3.05) is 20.3 Å². The molecule has 1 aliphatic carbocycles. The largest absolute Gasteiger partial charge is 0.493 e. The maximum absolute atomic E-state index is 12.6. The summed E-state index contributed by atoms with van der Waals surface area (Å²) in [5.74, 6) is -0.143. The Bertz CT molecular complexity index is 1150. The van der Waals surface area contributed by atoms with Crippen LogP contribution in [-0.4, -0.2) is 104 Å². The fraction of sp³-hybridized carbons (Fsp3) is 0.538. The van der Waals surface area contributed by atoms with Gasteiger partial charge < -0.3 is 39.7 Å². The molecule has 5 N–H and O–H groups in total. The van der Waals surface area contributed by atoms with Crippen molar-refractivity contribution in [3.05, 3.63) is 47.5 Å². The summed E-state index contributed by atoms with van der Waals surface area (Å²) in [6.45, 7) is 1.47. The number of hydrogen-bond donors (Lipinski definition) is 5. The number of methoxy groups -OCH3 is 1. The van der Waals surface area contributed by atoms with Crippen LogP contribution in [0.3, 0.4) is 0 Å². The lowest BCUT2D eigenvalue weighted by Crippen LogP contribution is -2.50. The number of aromatic nitrogens is 2. The summed E-state index contributed by atoms with van der Waals surface area (Å²) in [7, 11) is 1.56. The molecule has 2 aromatic rings. The van der Waals surface area contributed by atoms with E-state index in [2.05, 4.69) is 9.97 Å². The van der Waals surface area contributed by atoms with E-state index in [9.17, 15) is 25.2 Å². The van der Waals surface area contributed by atoms with E-state index < -0.39 is 43.1 Å². The molecule has 0 unspecified atom stereocenters. The molecule has 1 fully saturated rings. The number of hydrogen-bond acceptors (Lipinski definition) is 12. The van der Waals surface area contributed by atoms with Crippen molar-refractivity contribution < 1.29 is 44.5 Å². The predicted molar refractivity (Wildman–Crippen MR) is 133 cm³/mol. The van der Waals surface area contributed by atoms with Gasteiger partial charge in [0.25, 0.3) is 0 Å². The van der Waals surface area contributed by atoms with Crippen LogP contribution in [0.4, 0.5) is 0 Å².